The van der Waals surface area contributed by atoms with Gasteiger partial charge in [0.25, 0.3) is 0 Å². The van der Waals surface area contributed by atoms with E-state index in [-0.39, 0.29) is 36.1 Å². The van der Waals surface area contributed by atoms with Crippen LogP contribution in [-0.4, -0.2) is 91.8 Å². The number of hydrogen-bond donors (Lipinski definition) is 1. The van der Waals surface area contributed by atoms with E-state index in [1.807, 2.05) is 20.8 Å². The minimum atomic E-state index is -0.445. The zero-order valence-corrected chi connectivity index (χ0v) is 17.9. The molecule has 1 N–H and O–H groups in total. The maximum absolute atomic E-state index is 12.2. The number of guanidine groups is 1. The first-order chi connectivity index (χ1) is 10.8. The summed E-state index contributed by atoms with van der Waals surface area (Å²) in [7, 11) is 4.16. The average molecular weight is 453 g/mol. The molecule has 0 spiro atoms. The summed E-state index contributed by atoms with van der Waals surface area (Å²) >= 11 is 0. The molecule has 1 unspecified atom stereocenters. The second-order valence-electron chi connectivity index (χ2n) is 7.52. The Balaban J connectivity index is 0.00000288. The number of hydrogen-bond acceptors (Lipinski definition) is 6. The van der Waals surface area contributed by atoms with Crippen molar-refractivity contribution < 1.29 is 9.53 Å². The molecule has 2 aliphatic rings. The highest BCUT2D eigenvalue weighted by Crippen LogP contribution is 2.18. The molecule has 0 aromatic rings. The van der Waals surface area contributed by atoms with Gasteiger partial charge in [0.2, 0.25) is 0 Å². The van der Waals surface area contributed by atoms with Gasteiger partial charge >= 0.3 is 6.09 Å². The lowest BCUT2D eigenvalue weighted by Gasteiger charge is -2.39. The van der Waals surface area contributed by atoms with Gasteiger partial charge in [0.1, 0.15) is 5.60 Å². The van der Waals surface area contributed by atoms with Crippen LogP contribution in [0.5, 0.6) is 0 Å². The molecule has 2 heterocycles. The van der Waals surface area contributed by atoms with Gasteiger partial charge in [0.15, 0.2) is 5.96 Å². The molecule has 0 aromatic carbocycles. The molecular weight excluding hydrogens is 421 g/mol. The van der Waals surface area contributed by atoms with Crippen molar-refractivity contribution in [2.45, 2.75) is 38.8 Å². The van der Waals surface area contributed by atoms with E-state index >= 15 is 0 Å². The molecule has 1 saturated heterocycles. The topological polar surface area (TPSA) is 60.4 Å². The third kappa shape index (κ3) is 6.27. The summed E-state index contributed by atoms with van der Waals surface area (Å²) in [5.41, 5.74) is -0.445. The fraction of sp³-hybridized carbons (Fsp3) is 0.875. The highest BCUT2D eigenvalue weighted by Gasteiger charge is 2.36. The number of amides is 1. The van der Waals surface area contributed by atoms with Gasteiger partial charge in [-0.05, 0) is 47.8 Å². The Morgan fingerprint density at radius 1 is 1.38 bits per heavy atom. The lowest BCUT2D eigenvalue weighted by atomic mass is 10.2. The zero-order valence-electron chi connectivity index (χ0n) is 15.5. The molecule has 8 heteroatoms. The van der Waals surface area contributed by atoms with Crippen molar-refractivity contribution in [3.63, 3.8) is 0 Å². The molecule has 1 amide bonds. The molecule has 1 fully saturated rings. The van der Waals surface area contributed by atoms with Crippen LogP contribution in [0.2, 0.25) is 0 Å². The fourth-order valence-corrected chi connectivity index (χ4v) is 2.82. The first-order valence-electron chi connectivity index (χ1n) is 8.44. The van der Waals surface area contributed by atoms with Gasteiger partial charge in [-0.15, -0.1) is 24.0 Å². The standard InChI is InChI=1S/C16H31N5O2.HI/c1-16(2,3)23-15(22)20-9-10-21-13(12-20)11-18-14(21)17-7-6-8-19(4)5;/h13H,6-12H2,1-5H3,(H,17,18);1H. The SMILES string of the molecule is CN(C)CCCNC1=NCC2CN(C(=O)OC(C)(C)C)CCN12.I. The van der Waals surface area contributed by atoms with Crippen LogP contribution in [0.15, 0.2) is 4.99 Å². The Morgan fingerprint density at radius 3 is 2.71 bits per heavy atom. The molecule has 0 aromatic heterocycles. The number of ether oxygens (including phenoxy) is 1. The third-order valence-corrected chi connectivity index (χ3v) is 3.92. The molecule has 24 heavy (non-hydrogen) atoms. The van der Waals surface area contributed by atoms with E-state index in [2.05, 4.69) is 34.2 Å². The monoisotopic (exact) mass is 453 g/mol. The minimum absolute atomic E-state index is 0. The normalized spacial score (nSPS) is 20.4. The fourth-order valence-electron chi connectivity index (χ4n) is 2.82. The van der Waals surface area contributed by atoms with Crippen molar-refractivity contribution >= 4 is 36.0 Å². The van der Waals surface area contributed by atoms with E-state index in [9.17, 15) is 4.79 Å². The van der Waals surface area contributed by atoms with Crippen LogP contribution in [0.25, 0.3) is 0 Å². The first-order valence-corrected chi connectivity index (χ1v) is 8.44. The molecular formula is C16H32IN5O2. The van der Waals surface area contributed by atoms with Crippen LogP contribution in [0.3, 0.4) is 0 Å². The van der Waals surface area contributed by atoms with E-state index in [0.717, 1.165) is 38.6 Å². The predicted octanol–water partition coefficient (Wildman–Crippen LogP) is 1.44. The van der Waals surface area contributed by atoms with Crippen molar-refractivity contribution in [2.75, 3.05) is 53.4 Å². The smallest absolute Gasteiger partial charge is 0.410 e. The molecule has 0 saturated carbocycles. The van der Waals surface area contributed by atoms with Gasteiger partial charge in [-0.2, -0.15) is 0 Å². The van der Waals surface area contributed by atoms with E-state index in [1.165, 1.54) is 0 Å². The molecule has 7 nitrogen and oxygen atoms in total. The Labute approximate surface area is 162 Å². The van der Waals surface area contributed by atoms with Crippen LogP contribution >= 0.6 is 24.0 Å². The maximum Gasteiger partial charge on any atom is 0.410 e. The third-order valence-electron chi connectivity index (χ3n) is 3.92. The van der Waals surface area contributed by atoms with E-state index in [1.54, 1.807) is 4.90 Å². The number of fused-ring (bicyclic) bond motifs is 1. The predicted molar refractivity (Wildman–Crippen MR) is 107 cm³/mol. The summed E-state index contributed by atoms with van der Waals surface area (Å²) in [6.07, 6.45) is 0.874. The number of carbonyl (C=O) groups excluding carboxylic acids is 1. The lowest BCUT2D eigenvalue weighted by molar-refractivity contribution is 0.0137. The maximum atomic E-state index is 12.2. The summed E-state index contributed by atoms with van der Waals surface area (Å²) in [6, 6.07) is 0.271. The molecule has 2 aliphatic heterocycles. The van der Waals surface area contributed by atoms with Crippen molar-refractivity contribution in [2.24, 2.45) is 4.99 Å². The quantitative estimate of drug-likeness (QED) is 0.516. The number of aliphatic imine (C=N–C) groups is 1. The Bertz CT molecular complexity index is 450. The molecule has 1 atom stereocenters. The van der Waals surface area contributed by atoms with Crippen LogP contribution in [0, 0.1) is 0 Å². The first kappa shape index (κ1) is 21.3. The second-order valence-corrected chi connectivity index (χ2v) is 7.52. The van der Waals surface area contributed by atoms with Crippen LogP contribution in [0.4, 0.5) is 4.79 Å². The van der Waals surface area contributed by atoms with E-state index in [0.29, 0.717) is 13.1 Å². The van der Waals surface area contributed by atoms with E-state index in [4.69, 9.17) is 4.74 Å². The number of piperazine rings is 1. The molecule has 0 radical (unpaired) electrons. The largest absolute Gasteiger partial charge is 0.444 e. The van der Waals surface area contributed by atoms with Gasteiger partial charge in [-0.3, -0.25) is 4.99 Å². The Morgan fingerprint density at radius 2 is 2.08 bits per heavy atom. The number of halogens is 1. The number of rotatable bonds is 4. The zero-order chi connectivity index (χ0) is 17.0. The van der Waals surface area contributed by atoms with Gasteiger partial charge in [-0.25, -0.2) is 4.79 Å². The summed E-state index contributed by atoms with van der Waals surface area (Å²) in [4.78, 5) is 23.1. The Kier molecular flexibility index (Phi) is 8.04. The molecule has 2 rings (SSSR count). The molecule has 0 bridgehead atoms. The second kappa shape index (κ2) is 9.07. The average Bonchev–Trinajstić information content (AvgIpc) is 2.84. The highest BCUT2D eigenvalue weighted by molar-refractivity contribution is 14.0. The van der Waals surface area contributed by atoms with Crippen molar-refractivity contribution in [1.29, 1.82) is 0 Å². The Hall–Kier alpha value is -0.770. The summed E-state index contributed by atoms with van der Waals surface area (Å²) in [6.45, 7) is 10.6. The van der Waals surface area contributed by atoms with Crippen molar-refractivity contribution in [1.82, 2.24) is 20.0 Å². The molecule has 140 valence electrons. The summed E-state index contributed by atoms with van der Waals surface area (Å²) in [5.74, 6) is 0.984. The number of carbonyl (C=O) groups is 1. The van der Waals surface area contributed by atoms with Gasteiger partial charge in [0, 0.05) is 26.2 Å². The van der Waals surface area contributed by atoms with Gasteiger partial charge in [0.05, 0.1) is 12.6 Å². The van der Waals surface area contributed by atoms with Crippen LogP contribution < -0.4 is 5.32 Å². The van der Waals surface area contributed by atoms with Crippen LogP contribution in [0.1, 0.15) is 27.2 Å². The van der Waals surface area contributed by atoms with E-state index < -0.39 is 5.60 Å². The molecule has 0 aliphatic carbocycles. The van der Waals surface area contributed by atoms with Gasteiger partial charge in [-0.1, -0.05) is 0 Å². The lowest BCUT2D eigenvalue weighted by Crippen LogP contribution is -2.57. The minimum Gasteiger partial charge on any atom is -0.444 e. The number of nitrogens with zero attached hydrogens (tertiary/aromatic N) is 4. The van der Waals surface area contributed by atoms with Crippen molar-refractivity contribution in [3.8, 4) is 0 Å². The number of nitrogens with one attached hydrogen (secondary N) is 1. The summed E-state index contributed by atoms with van der Waals surface area (Å²) in [5, 5.41) is 3.43. The summed E-state index contributed by atoms with van der Waals surface area (Å²) < 4.78 is 5.47. The van der Waals surface area contributed by atoms with Gasteiger partial charge < -0.3 is 24.8 Å². The van der Waals surface area contributed by atoms with Crippen LogP contribution in [-0.2, 0) is 4.74 Å². The van der Waals surface area contributed by atoms with Crippen molar-refractivity contribution in [3.05, 3.63) is 0 Å². The highest BCUT2D eigenvalue weighted by atomic mass is 127.